The number of halogens is 3. The van der Waals surface area contributed by atoms with Gasteiger partial charge in [-0.3, -0.25) is 0 Å². The highest BCUT2D eigenvalue weighted by Gasteiger charge is 2.30. The van der Waals surface area contributed by atoms with Gasteiger partial charge < -0.3 is 29.4 Å². The number of nitrogens with zero attached hydrogens (tertiary/aromatic N) is 2. The van der Waals surface area contributed by atoms with Crippen LogP contribution in [0.1, 0.15) is 34.6 Å². The Morgan fingerprint density at radius 1 is 1.21 bits per heavy atom. The van der Waals surface area contributed by atoms with Crippen LogP contribution in [0.25, 0.3) is 10.9 Å². The van der Waals surface area contributed by atoms with E-state index in [-0.39, 0.29) is 29.8 Å². The Labute approximate surface area is 254 Å². The van der Waals surface area contributed by atoms with Gasteiger partial charge in [-0.2, -0.15) is 13.2 Å². The summed E-state index contributed by atoms with van der Waals surface area (Å²) < 4.78 is 97.2. The van der Waals surface area contributed by atoms with Gasteiger partial charge in [0.2, 0.25) is 0 Å². The summed E-state index contributed by atoms with van der Waals surface area (Å²) in [7, 11) is -4.54. The fourth-order valence-corrected chi connectivity index (χ4v) is 5.94. The largest absolute Gasteiger partial charge is 0.496 e. The Morgan fingerprint density at radius 3 is 2.65 bits per heavy atom. The van der Waals surface area contributed by atoms with E-state index in [1.807, 2.05) is 11.0 Å². The maximum absolute atomic E-state index is 13.6. The Morgan fingerprint density at radius 2 is 1.98 bits per heavy atom. The lowest BCUT2D eigenvalue weighted by Gasteiger charge is -2.34. The zero-order chi connectivity index (χ0) is 33.7. The van der Waals surface area contributed by atoms with Crippen LogP contribution in [0.2, 0.25) is 0 Å². The molecule has 0 aliphatic carbocycles. The van der Waals surface area contributed by atoms with E-state index in [9.17, 15) is 26.7 Å². The summed E-state index contributed by atoms with van der Waals surface area (Å²) in [6, 6.07) is 11.5. The molecule has 1 fully saturated rings. The van der Waals surface area contributed by atoms with Crippen molar-refractivity contribution in [2.75, 3.05) is 52.0 Å². The number of alkyl halides is 3. The molecular formula is C31H38F3N3O5S. The van der Waals surface area contributed by atoms with E-state index in [0.717, 1.165) is 11.8 Å². The minimum absolute atomic E-state index is 0.0437. The van der Waals surface area contributed by atoms with Crippen molar-refractivity contribution >= 4 is 26.4 Å². The maximum atomic E-state index is 13.6. The van der Waals surface area contributed by atoms with Crippen molar-refractivity contribution < 1.29 is 40.3 Å². The number of methoxy groups -OCH3 is 2. The Balaban J connectivity index is 1.47. The third kappa shape index (κ3) is 8.89. The molecule has 2 aromatic carbocycles. The van der Waals surface area contributed by atoms with Crippen molar-refractivity contribution in [2.24, 2.45) is 0 Å². The summed E-state index contributed by atoms with van der Waals surface area (Å²) >= 11 is 0. The number of aliphatic hydroxyl groups is 1. The van der Waals surface area contributed by atoms with Crippen LogP contribution in [0.15, 0.2) is 47.4 Å². The van der Waals surface area contributed by atoms with Crippen LogP contribution < -0.4 is 10.1 Å². The minimum atomic E-state index is -4.47. The molecule has 12 heteroatoms. The molecule has 0 spiro atoms. The molecule has 1 aromatic heterocycles. The molecule has 1 aliphatic heterocycles. The summed E-state index contributed by atoms with van der Waals surface area (Å²) in [5, 5.41) is 14.2. The molecule has 0 bridgehead atoms. The number of benzene rings is 2. The van der Waals surface area contributed by atoms with Crippen molar-refractivity contribution in [2.45, 2.75) is 55.4 Å². The fraction of sp³-hybridized carbons (Fsp3) is 0.484. The summed E-state index contributed by atoms with van der Waals surface area (Å²) in [6.45, 7) is 0.0813. The van der Waals surface area contributed by atoms with E-state index >= 15 is 0 Å². The van der Waals surface area contributed by atoms with Gasteiger partial charge in [0, 0.05) is 56.5 Å². The van der Waals surface area contributed by atoms with E-state index in [4.69, 9.17) is 13.6 Å². The van der Waals surface area contributed by atoms with E-state index in [2.05, 4.69) is 17.2 Å². The molecule has 1 atom stereocenters. The number of aryl methyl sites for hydroxylation is 1. The first kappa shape index (κ1) is 28.5. The van der Waals surface area contributed by atoms with Crippen molar-refractivity contribution in [1.29, 1.82) is 0 Å². The average molecular weight is 625 g/mol. The standard InChI is InChI=1S/C31H38F3N3O5S/c1-41-20-25(38)19-36-15-13-23(14-16-36)35-28-9-6-10-29-27(28)17-24(37(29)21-31(32,33)34)8-5-4-7-22-11-12-26(43(3,39)40)18-30(22)42-2/h6,9-12,17-18,23,25,35,38H,4,7,13-16,19-21H2,1-3H3/i1D3. The molecule has 43 heavy (non-hydrogen) atoms. The lowest BCUT2D eigenvalue weighted by Crippen LogP contribution is -2.43. The third-order valence-electron chi connectivity index (χ3n) is 7.40. The lowest BCUT2D eigenvalue weighted by molar-refractivity contribution is -0.140. The smallest absolute Gasteiger partial charge is 0.406 e. The van der Waals surface area contributed by atoms with Gasteiger partial charge in [0.05, 0.1) is 40.0 Å². The van der Waals surface area contributed by atoms with Gasteiger partial charge in [-0.15, -0.1) is 0 Å². The Bertz CT molecular complexity index is 1680. The number of aliphatic hydroxyl groups excluding tert-OH is 1. The van der Waals surface area contributed by atoms with E-state index in [0.29, 0.717) is 61.1 Å². The average Bonchev–Trinajstić information content (AvgIpc) is 3.31. The predicted molar refractivity (Wildman–Crippen MR) is 160 cm³/mol. The molecule has 1 saturated heterocycles. The number of fused-ring (bicyclic) bond motifs is 1. The van der Waals surface area contributed by atoms with Crippen LogP contribution in [-0.2, 0) is 27.5 Å². The van der Waals surface area contributed by atoms with Gasteiger partial charge in [-0.05, 0) is 61.1 Å². The number of nitrogens with one attached hydrogen (secondary N) is 1. The maximum Gasteiger partial charge on any atom is 0.406 e. The molecule has 0 radical (unpaired) electrons. The number of sulfone groups is 1. The molecule has 234 valence electrons. The van der Waals surface area contributed by atoms with Gasteiger partial charge in [0.15, 0.2) is 9.84 Å². The number of hydrogen-bond acceptors (Lipinski definition) is 7. The third-order valence-corrected chi connectivity index (χ3v) is 8.51. The zero-order valence-corrected chi connectivity index (χ0v) is 24.9. The van der Waals surface area contributed by atoms with Crippen molar-refractivity contribution in [3.63, 3.8) is 0 Å². The SMILES string of the molecule is [2H]C([2H])([2H])OCC(O)CN1CCC(Nc2cccc3c2cc(C#CCCc2ccc(S(C)(=O)=O)cc2OC)n3CC(F)(F)F)CC1. The number of β-amino-alcohol motifs (C(OH)–C–C–N with tert-alkyl or cyclic N) is 1. The highest BCUT2D eigenvalue weighted by atomic mass is 32.2. The second-order valence-electron chi connectivity index (χ2n) is 10.7. The molecule has 2 N–H and O–H groups in total. The van der Waals surface area contributed by atoms with Crippen molar-refractivity contribution in [3.05, 3.63) is 53.7 Å². The first-order valence-electron chi connectivity index (χ1n) is 15.4. The van der Waals surface area contributed by atoms with Gasteiger partial charge in [0.25, 0.3) is 0 Å². The Kier molecular flexibility index (Phi) is 9.31. The van der Waals surface area contributed by atoms with Crippen LogP contribution in [0.3, 0.4) is 0 Å². The quantitative estimate of drug-likeness (QED) is 0.304. The normalized spacial score (nSPS) is 17.0. The predicted octanol–water partition coefficient (Wildman–Crippen LogP) is 4.48. The van der Waals surface area contributed by atoms with Crippen molar-refractivity contribution in [3.8, 4) is 17.6 Å². The molecule has 3 aromatic rings. The highest BCUT2D eigenvalue weighted by molar-refractivity contribution is 7.90. The zero-order valence-electron chi connectivity index (χ0n) is 27.1. The van der Waals surface area contributed by atoms with Crippen LogP contribution in [-0.4, -0.2) is 88.0 Å². The molecule has 4 rings (SSSR count). The molecule has 8 nitrogen and oxygen atoms in total. The van der Waals surface area contributed by atoms with Crippen LogP contribution >= 0.6 is 0 Å². The van der Waals surface area contributed by atoms with E-state index in [1.54, 1.807) is 24.3 Å². The van der Waals surface area contributed by atoms with Gasteiger partial charge in [-0.1, -0.05) is 18.1 Å². The highest BCUT2D eigenvalue weighted by Crippen LogP contribution is 2.31. The number of ether oxygens (including phenoxy) is 2. The molecule has 1 unspecified atom stereocenters. The van der Waals surface area contributed by atoms with Crippen LogP contribution in [0, 0.1) is 11.8 Å². The van der Waals surface area contributed by atoms with Gasteiger partial charge in [0.1, 0.15) is 12.3 Å². The number of likely N-dealkylation sites (tertiary alicyclic amines) is 1. The molecule has 0 amide bonds. The molecular weight excluding hydrogens is 583 g/mol. The topological polar surface area (TPSA) is 93.0 Å². The van der Waals surface area contributed by atoms with Crippen LogP contribution in [0.5, 0.6) is 5.75 Å². The monoisotopic (exact) mass is 624 g/mol. The number of rotatable bonds is 11. The first-order chi connectivity index (χ1) is 21.5. The lowest BCUT2D eigenvalue weighted by atomic mass is 10.0. The number of aromatic nitrogens is 1. The van der Waals surface area contributed by atoms with E-state index < -0.39 is 35.7 Å². The van der Waals surface area contributed by atoms with Crippen LogP contribution in [0.4, 0.5) is 18.9 Å². The molecule has 2 heterocycles. The molecule has 0 saturated carbocycles. The number of anilines is 1. The first-order valence-corrected chi connectivity index (χ1v) is 15.8. The fourth-order valence-electron chi connectivity index (χ4n) is 5.30. The van der Waals surface area contributed by atoms with Gasteiger partial charge >= 0.3 is 6.18 Å². The number of piperidine rings is 1. The Hall–Kier alpha value is -3.24. The summed E-state index contributed by atoms with van der Waals surface area (Å²) in [4.78, 5) is 2.15. The van der Waals surface area contributed by atoms with E-state index in [1.165, 1.54) is 23.8 Å². The summed E-state index contributed by atoms with van der Waals surface area (Å²) in [6.07, 6.45) is -2.14. The van der Waals surface area contributed by atoms with Gasteiger partial charge in [-0.25, -0.2) is 8.42 Å². The molecule has 1 aliphatic rings. The summed E-state index contributed by atoms with van der Waals surface area (Å²) in [5.74, 6) is 6.29. The van der Waals surface area contributed by atoms with Crippen molar-refractivity contribution in [1.82, 2.24) is 9.47 Å². The second-order valence-corrected chi connectivity index (χ2v) is 12.7. The second kappa shape index (κ2) is 14.0. The number of hydrogen-bond donors (Lipinski definition) is 2. The summed E-state index contributed by atoms with van der Waals surface area (Å²) in [5.41, 5.74) is 2.06. The minimum Gasteiger partial charge on any atom is -0.496 e.